The van der Waals surface area contributed by atoms with Crippen LogP contribution < -0.4 is 5.73 Å². The topological polar surface area (TPSA) is 42.2 Å². The van der Waals surface area contributed by atoms with Gasteiger partial charge in [-0.2, -0.15) is 0 Å². The molecule has 1 heterocycles. The first kappa shape index (κ1) is 15.3. The summed E-state index contributed by atoms with van der Waals surface area (Å²) in [6.45, 7) is 1.24. The summed E-state index contributed by atoms with van der Waals surface area (Å²) >= 11 is 12.2. The first-order chi connectivity index (χ1) is 9.61. The third kappa shape index (κ3) is 3.70. The number of nitrogens with zero attached hydrogens (tertiary/aromatic N) is 2. The SMILES string of the molecule is CN(Cc1cccnc1)C(CN)c1ccc(Cl)cc1Cl. The first-order valence-electron chi connectivity index (χ1n) is 6.36. The van der Waals surface area contributed by atoms with Crippen molar-refractivity contribution < 1.29 is 0 Å². The lowest BCUT2D eigenvalue weighted by atomic mass is 10.1. The van der Waals surface area contributed by atoms with Crippen LogP contribution in [0, 0.1) is 0 Å². The fourth-order valence-electron chi connectivity index (χ4n) is 2.21. The Morgan fingerprint density at radius 2 is 2.10 bits per heavy atom. The van der Waals surface area contributed by atoms with Crippen LogP contribution >= 0.6 is 23.2 Å². The van der Waals surface area contributed by atoms with Crippen LogP contribution in [-0.4, -0.2) is 23.5 Å². The molecule has 0 aliphatic heterocycles. The molecule has 106 valence electrons. The maximum absolute atomic E-state index is 6.27. The van der Waals surface area contributed by atoms with Crippen molar-refractivity contribution in [1.29, 1.82) is 0 Å². The molecule has 2 aromatic rings. The van der Waals surface area contributed by atoms with Crippen molar-refractivity contribution in [2.75, 3.05) is 13.6 Å². The van der Waals surface area contributed by atoms with Gasteiger partial charge >= 0.3 is 0 Å². The lowest BCUT2D eigenvalue weighted by Crippen LogP contribution is -2.30. The minimum Gasteiger partial charge on any atom is -0.329 e. The number of hydrogen-bond donors (Lipinski definition) is 1. The zero-order chi connectivity index (χ0) is 14.5. The van der Waals surface area contributed by atoms with E-state index in [0.29, 0.717) is 16.6 Å². The van der Waals surface area contributed by atoms with Gasteiger partial charge in [0.1, 0.15) is 0 Å². The molecule has 0 fully saturated rings. The molecule has 1 atom stereocenters. The number of hydrogen-bond acceptors (Lipinski definition) is 3. The number of likely N-dealkylation sites (N-methyl/N-ethyl adjacent to an activating group) is 1. The van der Waals surface area contributed by atoms with Gasteiger partial charge < -0.3 is 5.73 Å². The summed E-state index contributed by atoms with van der Waals surface area (Å²) in [6, 6.07) is 9.53. The zero-order valence-corrected chi connectivity index (χ0v) is 12.8. The minimum absolute atomic E-state index is 0.0416. The Balaban J connectivity index is 2.19. The molecule has 5 heteroatoms. The average molecular weight is 310 g/mol. The van der Waals surface area contributed by atoms with Crippen LogP contribution in [-0.2, 0) is 6.54 Å². The van der Waals surface area contributed by atoms with Crippen molar-refractivity contribution in [2.45, 2.75) is 12.6 Å². The molecule has 1 aromatic heterocycles. The van der Waals surface area contributed by atoms with Crippen molar-refractivity contribution in [3.63, 3.8) is 0 Å². The highest BCUT2D eigenvalue weighted by molar-refractivity contribution is 6.35. The van der Waals surface area contributed by atoms with Gasteiger partial charge in [0.2, 0.25) is 0 Å². The molecule has 2 N–H and O–H groups in total. The van der Waals surface area contributed by atoms with Gasteiger partial charge in [-0.3, -0.25) is 9.88 Å². The summed E-state index contributed by atoms with van der Waals surface area (Å²) in [7, 11) is 2.02. The Kier molecular flexibility index (Phi) is 5.38. The van der Waals surface area contributed by atoms with E-state index in [9.17, 15) is 0 Å². The molecule has 0 amide bonds. The lowest BCUT2D eigenvalue weighted by Gasteiger charge is -2.28. The van der Waals surface area contributed by atoms with Crippen molar-refractivity contribution in [3.05, 3.63) is 63.9 Å². The fraction of sp³-hybridized carbons (Fsp3) is 0.267. The van der Waals surface area contributed by atoms with Gasteiger partial charge in [-0.15, -0.1) is 0 Å². The van der Waals surface area contributed by atoms with E-state index in [4.69, 9.17) is 28.9 Å². The Labute approximate surface area is 129 Å². The minimum atomic E-state index is 0.0416. The van der Waals surface area contributed by atoms with Crippen LogP contribution in [0.25, 0.3) is 0 Å². The van der Waals surface area contributed by atoms with E-state index in [1.165, 1.54) is 0 Å². The number of nitrogens with two attached hydrogens (primary N) is 1. The Morgan fingerprint density at radius 3 is 2.70 bits per heavy atom. The van der Waals surface area contributed by atoms with Gasteiger partial charge in [0.05, 0.1) is 0 Å². The lowest BCUT2D eigenvalue weighted by molar-refractivity contribution is 0.241. The summed E-state index contributed by atoms with van der Waals surface area (Å²) < 4.78 is 0. The molecule has 0 radical (unpaired) electrons. The molecule has 1 unspecified atom stereocenters. The third-order valence-electron chi connectivity index (χ3n) is 3.23. The number of rotatable bonds is 5. The summed E-state index contributed by atoms with van der Waals surface area (Å²) in [6.07, 6.45) is 3.62. The summed E-state index contributed by atoms with van der Waals surface area (Å²) in [5.74, 6) is 0. The molecule has 0 saturated carbocycles. The highest BCUT2D eigenvalue weighted by Crippen LogP contribution is 2.29. The molecule has 3 nitrogen and oxygen atoms in total. The standard InChI is InChI=1S/C15H17Cl2N3/c1-20(10-11-3-2-6-19-9-11)15(8-18)13-5-4-12(16)7-14(13)17/h2-7,9,15H,8,10,18H2,1H3. The molecule has 20 heavy (non-hydrogen) atoms. The van der Waals surface area contributed by atoms with E-state index < -0.39 is 0 Å². The second kappa shape index (κ2) is 7.04. The molecule has 0 aliphatic rings. The molecule has 0 bridgehead atoms. The molecule has 0 spiro atoms. The normalized spacial score (nSPS) is 12.7. The maximum atomic E-state index is 6.27. The predicted octanol–water partition coefficient (Wildman–Crippen LogP) is 3.52. The second-order valence-electron chi connectivity index (χ2n) is 4.69. The van der Waals surface area contributed by atoms with Crippen LogP contribution in [0.5, 0.6) is 0 Å². The Hall–Kier alpha value is -1.13. The molecule has 0 aliphatic carbocycles. The summed E-state index contributed by atoms with van der Waals surface area (Å²) in [5.41, 5.74) is 8.05. The van der Waals surface area contributed by atoms with Crippen molar-refractivity contribution in [2.24, 2.45) is 5.73 Å². The van der Waals surface area contributed by atoms with E-state index in [1.54, 1.807) is 12.3 Å². The van der Waals surface area contributed by atoms with Gasteiger partial charge in [-0.05, 0) is 36.4 Å². The first-order valence-corrected chi connectivity index (χ1v) is 7.11. The number of halogens is 2. The zero-order valence-electron chi connectivity index (χ0n) is 11.3. The van der Waals surface area contributed by atoms with Gasteiger partial charge in [-0.25, -0.2) is 0 Å². The smallest absolute Gasteiger partial charge is 0.0485 e. The van der Waals surface area contributed by atoms with Crippen LogP contribution in [0.3, 0.4) is 0 Å². The van der Waals surface area contributed by atoms with Crippen LogP contribution in [0.4, 0.5) is 0 Å². The largest absolute Gasteiger partial charge is 0.329 e. The predicted molar refractivity (Wildman–Crippen MR) is 84.0 cm³/mol. The third-order valence-corrected chi connectivity index (χ3v) is 3.79. The maximum Gasteiger partial charge on any atom is 0.0485 e. The quantitative estimate of drug-likeness (QED) is 0.919. The van der Waals surface area contributed by atoms with Crippen molar-refractivity contribution in [1.82, 2.24) is 9.88 Å². The van der Waals surface area contributed by atoms with Crippen LogP contribution in [0.15, 0.2) is 42.7 Å². The van der Waals surface area contributed by atoms with E-state index in [-0.39, 0.29) is 6.04 Å². The van der Waals surface area contributed by atoms with E-state index in [0.717, 1.165) is 17.7 Å². The van der Waals surface area contributed by atoms with Gasteiger partial charge in [-0.1, -0.05) is 35.3 Å². The molecule has 0 saturated heterocycles. The van der Waals surface area contributed by atoms with Crippen LogP contribution in [0.1, 0.15) is 17.2 Å². The molecule has 2 rings (SSSR count). The number of benzene rings is 1. The summed E-state index contributed by atoms with van der Waals surface area (Å²) in [4.78, 5) is 6.28. The second-order valence-corrected chi connectivity index (χ2v) is 5.54. The average Bonchev–Trinajstić information content (AvgIpc) is 2.43. The monoisotopic (exact) mass is 309 g/mol. The summed E-state index contributed by atoms with van der Waals surface area (Å²) in [5, 5.41) is 1.27. The van der Waals surface area contributed by atoms with Crippen LogP contribution in [0.2, 0.25) is 10.0 Å². The Morgan fingerprint density at radius 1 is 1.30 bits per heavy atom. The van der Waals surface area contributed by atoms with Gasteiger partial charge in [0.25, 0.3) is 0 Å². The van der Waals surface area contributed by atoms with Gasteiger partial charge in [0, 0.05) is 41.6 Å². The Bertz CT molecular complexity index is 560. The van der Waals surface area contributed by atoms with E-state index in [2.05, 4.69) is 9.88 Å². The van der Waals surface area contributed by atoms with Crippen molar-refractivity contribution in [3.8, 4) is 0 Å². The number of aromatic nitrogens is 1. The van der Waals surface area contributed by atoms with Crippen molar-refractivity contribution >= 4 is 23.2 Å². The number of pyridine rings is 1. The molecular formula is C15H17Cl2N3. The highest BCUT2D eigenvalue weighted by atomic mass is 35.5. The highest BCUT2D eigenvalue weighted by Gasteiger charge is 2.18. The molecular weight excluding hydrogens is 293 g/mol. The molecule has 1 aromatic carbocycles. The van der Waals surface area contributed by atoms with Gasteiger partial charge in [0.15, 0.2) is 0 Å². The van der Waals surface area contributed by atoms with E-state index >= 15 is 0 Å². The van der Waals surface area contributed by atoms with E-state index in [1.807, 2.05) is 37.5 Å². The fourth-order valence-corrected chi connectivity index (χ4v) is 2.74.